The quantitative estimate of drug-likeness (QED) is 0.207. The molecule has 3 heteroatoms. The fourth-order valence-corrected chi connectivity index (χ4v) is 9.07. The zero-order valence-electron chi connectivity index (χ0n) is 24.9. The van der Waals surface area contributed by atoms with Crippen molar-refractivity contribution >= 4 is 10.8 Å². The Morgan fingerprint density at radius 3 is 1.64 bits per heavy atom. The van der Waals surface area contributed by atoms with Crippen molar-refractivity contribution in [1.29, 1.82) is 0 Å². The first-order valence-corrected chi connectivity index (χ1v) is 16.2. The molecule has 44 heavy (non-hydrogen) atoms. The molecule has 0 unspecified atom stereocenters. The zero-order valence-corrected chi connectivity index (χ0v) is 24.9. The average molecular weight is 570 g/mol. The van der Waals surface area contributed by atoms with Crippen LogP contribution in [0.4, 0.5) is 0 Å². The maximum Gasteiger partial charge on any atom is 0.164 e. The largest absolute Gasteiger partial charge is 0.208 e. The first-order chi connectivity index (χ1) is 21.7. The molecule has 0 radical (unpaired) electrons. The summed E-state index contributed by atoms with van der Waals surface area (Å²) in [5, 5.41) is 2.46. The molecule has 0 spiro atoms. The number of rotatable bonds is 5. The van der Waals surface area contributed by atoms with Gasteiger partial charge in [-0.25, -0.2) is 15.0 Å². The van der Waals surface area contributed by atoms with E-state index < -0.39 is 0 Å². The maximum atomic E-state index is 5.15. The van der Waals surface area contributed by atoms with Crippen molar-refractivity contribution in [2.24, 2.45) is 17.8 Å². The molecular weight excluding hydrogens is 534 g/mol. The van der Waals surface area contributed by atoms with Gasteiger partial charge in [-0.1, -0.05) is 115 Å². The molecule has 0 atom stereocenters. The molecular formula is C41H35N3. The van der Waals surface area contributed by atoms with Crippen LogP contribution in [-0.2, 0) is 5.41 Å². The van der Waals surface area contributed by atoms with Crippen LogP contribution in [0.15, 0.2) is 121 Å². The average Bonchev–Trinajstić information content (AvgIpc) is 3.08. The van der Waals surface area contributed by atoms with Gasteiger partial charge in [0, 0.05) is 16.7 Å². The van der Waals surface area contributed by atoms with Gasteiger partial charge in [-0.2, -0.15) is 0 Å². The first kappa shape index (κ1) is 25.8. The summed E-state index contributed by atoms with van der Waals surface area (Å²) >= 11 is 0. The molecule has 0 aliphatic heterocycles. The van der Waals surface area contributed by atoms with Gasteiger partial charge in [-0.15, -0.1) is 0 Å². The molecule has 4 bridgehead atoms. The molecule has 5 aromatic carbocycles. The number of benzene rings is 5. The minimum absolute atomic E-state index is 0.380. The Morgan fingerprint density at radius 1 is 0.432 bits per heavy atom. The van der Waals surface area contributed by atoms with Crippen LogP contribution in [0.5, 0.6) is 0 Å². The summed E-state index contributed by atoms with van der Waals surface area (Å²) in [6.45, 7) is 0. The van der Waals surface area contributed by atoms with Crippen LogP contribution in [-0.4, -0.2) is 15.0 Å². The Hall–Kier alpha value is -4.63. The van der Waals surface area contributed by atoms with E-state index >= 15 is 0 Å². The fourth-order valence-electron chi connectivity index (χ4n) is 9.07. The van der Waals surface area contributed by atoms with Gasteiger partial charge in [-0.05, 0) is 95.2 Å². The Labute approximate surface area is 259 Å². The van der Waals surface area contributed by atoms with E-state index in [-0.39, 0.29) is 0 Å². The Kier molecular flexibility index (Phi) is 6.01. The van der Waals surface area contributed by atoms with Crippen LogP contribution in [0.1, 0.15) is 44.1 Å². The highest BCUT2D eigenvalue weighted by molar-refractivity contribution is 5.90. The molecule has 0 saturated heterocycles. The first-order valence-electron chi connectivity index (χ1n) is 16.2. The van der Waals surface area contributed by atoms with Crippen LogP contribution in [0.2, 0.25) is 0 Å². The predicted molar refractivity (Wildman–Crippen MR) is 179 cm³/mol. The van der Waals surface area contributed by atoms with Gasteiger partial charge in [0.1, 0.15) is 0 Å². The van der Waals surface area contributed by atoms with Crippen molar-refractivity contribution in [3.05, 3.63) is 127 Å². The fraction of sp³-hybridized carbons (Fsp3) is 0.244. The lowest BCUT2D eigenvalue weighted by Gasteiger charge is -2.57. The molecule has 4 saturated carbocycles. The second kappa shape index (κ2) is 10.2. The number of fused-ring (bicyclic) bond motifs is 1. The summed E-state index contributed by atoms with van der Waals surface area (Å²) in [5.74, 6) is 4.92. The van der Waals surface area contributed by atoms with Crippen molar-refractivity contribution in [3.8, 4) is 45.3 Å². The van der Waals surface area contributed by atoms with Crippen LogP contribution in [0.3, 0.4) is 0 Å². The molecule has 1 aromatic heterocycles. The van der Waals surface area contributed by atoms with Gasteiger partial charge in [0.25, 0.3) is 0 Å². The molecule has 4 aliphatic rings. The molecule has 1 heterocycles. The highest BCUT2D eigenvalue weighted by atomic mass is 15.0. The summed E-state index contributed by atoms with van der Waals surface area (Å²) < 4.78 is 0. The summed E-state index contributed by atoms with van der Waals surface area (Å²) in [4.78, 5) is 15.3. The SMILES string of the molecule is c1ccc(-c2nc(-c3ccc(C45C[C@H]6C[C@H](C4)C[C@@H](C5)C6)cc3)nc(-c3ccccc3-c3ccc4ccccc4c3)n2)cc1. The number of aromatic nitrogens is 3. The Morgan fingerprint density at radius 2 is 0.955 bits per heavy atom. The van der Waals surface area contributed by atoms with Gasteiger partial charge in [-0.3, -0.25) is 0 Å². The summed E-state index contributed by atoms with van der Waals surface area (Å²) in [6.07, 6.45) is 8.52. The van der Waals surface area contributed by atoms with Crippen LogP contribution >= 0.6 is 0 Å². The Bertz CT molecular complexity index is 1960. The molecule has 4 aliphatic carbocycles. The van der Waals surface area contributed by atoms with E-state index in [4.69, 9.17) is 15.0 Å². The van der Waals surface area contributed by atoms with Gasteiger partial charge < -0.3 is 0 Å². The van der Waals surface area contributed by atoms with E-state index in [9.17, 15) is 0 Å². The topological polar surface area (TPSA) is 38.7 Å². The van der Waals surface area contributed by atoms with Crippen molar-refractivity contribution in [1.82, 2.24) is 15.0 Å². The maximum absolute atomic E-state index is 5.15. The zero-order chi connectivity index (χ0) is 29.1. The van der Waals surface area contributed by atoms with E-state index in [1.54, 1.807) is 0 Å². The van der Waals surface area contributed by atoms with Gasteiger partial charge in [0.05, 0.1) is 0 Å². The molecule has 4 fully saturated rings. The van der Waals surface area contributed by atoms with E-state index in [1.165, 1.54) is 54.9 Å². The summed E-state index contributed by atoms with van der Waals surface area (Å²) in [5.41, 5.74) is 7.22. The van der Waals surface area contributed by atoms with E-state index in [1.807, 2.05) is 18.2 Å². The third-order valence-electron chi connectivity index (χ3n) is 10.7. The molecule has 10 rings (SSSR count). The third kappa shape index (κ3) is 4.45. The van der Waals surface area contributed by atoms with Crippen molar-refractivity contribution in [2.75, 3.05) is 0 Å². The lowest BCUT2D eigenvalue weighted by atomic mass is 9.48. The Balaban J connectivity index is 1.14. The van der Waals surface area contributed by atoms with E-state index in [0.29, 0.717) is 17.1 Å². The monoisotopic (exact) mass is 569 g/mol. The lowest BCUT2D eigenvalue weighted by molar-refractivity contribution is -0.00518. The standard InChI is InChI=1S/C41H35N3/c1-2-9-31(10-3-1)38-42-39(32-16-18-35(19-17-32)41-24-27-20-28(25-41)22-29(21-27)26-41)44-40(43-38)37-13-7-6-12-36(37)34-15-14-30-8-4-5-11-33(30)23-34/h1-19,23,27-29H,20-22,24-26H2/t27-,28-,29-,41?. The van der Waals surface area contributed by atoms with Crippen molar-refractivity contribution in [3.63, 3.8) is 0 Å². The third-order valence-corrected chi connectivity index (χ3v) is 10.7. The van der Waals surface area contributed by atoms with Crippen molar-refractivity contribution < 1.29 is 0 Å². The molecule has 214 valence electrons. The summed E-state index contributed by atoms with van der Waals surface area (Å²) in [7, 11) is 0. The van der Waals surface area contributed by atoms with Gasteiger partial charge in [0.2, 0.25) is 0 Å². The second-order valence-electron chi connectivity index (χ2n) is 13.6. The number of hydrogen-bond acceptors (Lipinski definition) is 3. The lowest BCUT2D eigenvalue weighted by Crippen LogP contribution is -2.48. The molecule has 6 aromatic rings. The van der Waals surface area contributed by atoms with Gasteiger partial charge in [0.15, 0.2) is 17.5 Å². The molecule has 0 N–H and O–H groups in total. The minimum atomic E-state index is 0.380. The molecule has 0 amide bonds. The highest BCUT2D eigenvalue weighted by Crippen LogP contribution is 2.60. The minimum Gasteiger partial charge on any atom is -0.208 e. The number of nitrogens with zero attached hydrogens (tertiary/aromatic N) is 3. The van der Waals surface area contributed by atoms with Crippen LogP contribution < -0.4 is 0 Å². The summed E-state index contributed by atoms with van der Waals surface area (Å²) in [6, 6.07) is 43.2. The van der Waals surface area contributed by atoms with Crippen LogP contribution in [0, 0.1) is 17.8 Å². The van der Waals surface area contributed by atoms with E-state index in [0.717, 1.165) is 51.4 Å². The number of hydrogen-bond donors (Lipinski definition) is 0. The predicted octanol–water partition coefficient (Wildman–Crippen LogP) is 10.2. The van der Waals surface area contributed by atoms with Crippen molar-refractivity contribution in [2.45, 2.75) is 43.9 Å². The van der Waals surface area contributed by atoms with Gasteiger partial charge >= 0.3 is 0 Å². The highest BCUT2D eigenvalue weighted by Gasteiger charge is 2.51. The van der Waals surface area contributed by atoms with E-state index in [2.05, 4.69) is 103 Å². The smallest absolute Gasteiger partial charge is 0.164 e. The van der Waals surface area contributed by atoms with Crippen LogP contribution in [0.25, 0.3) is 56.1 Å². The molecule has 3 nitrogen and oxygen atoms in total. The second-order valence-corrected chi connectivity index (χ2v) is 13.6. The normalized spacial score (nSPS) is 23.7.